The van der Waals surface area contributed by atoms with Gasteiger partial charge in [0.2, 0.25) is 0 Å². The minimum absolute atomic E-state index is 0.0481. The van der Waals surface area contributed by atoms with E-state index in [-0.39, 0.29) is 5.60 Å². The summed E-state index contributed by atoms with van der Waals surface area (Å²) in [6, 6.07) is 0.624. The van der Waals surface area contributed by atoms with E-state index in [1.165, 1.54) is 12.8 Å². The molecule has 2 saturated heterocycles. The van der Waals surface area contributed by atoms with E-state index in [1.54, 1.807) is 0 Å². The molecule has 2 heterocycles. The van der Waals surface area contributed by atoms with Crippen LogP contribution < -0.4 is 5.32 Å². The quantitative estimate of drug-likeness (QED) is 0.823. The normalized spacial score (nSPS) is 32.3. The van der Waals surface area contributed by atoms with Crippen molar-refractivity contribution in [3.63, 3.8) is 0 Å². The molecular formula is C14H27NO2. The van der Waals surface area contributed by atoms with E-state index in [0.717, 1.165) is 39.2 Å². The Morgan fingerprint density at radius 3 is 2.47 bits per heavy atom. The molecular weight excluding hydrogens is 214 g/mol. The van der Waals surface area contributed by atoms with Gasteiger partial charge in [-0.1, -0.05) is 6.92 Å². The molecule has 1 atom stereocenters. The first-order chi connectivity index (χ1) is 7.99. The van der Waals surface area contributed by atoms with Crippen molar-refractivity contribution in [3.05, 3.63) is 0 Å². The lowest BCUT2D eigenvalue weighted by Gasteiger charge is -2.39. The summed E-state index contributed by atoms with van der Waals surface area (Å²) in [5.41, 5.74) is 0.479. The lowest BCUT2D eigenvalue weighted by molar-refractivity contribution is -0.0652. The smallest absolute Gasteiger partial charge is 0.0641 e. The number of ether oxygens (including phenoxy) is 2. The van der Waals surface area contributed by atoms with E-state index in [0.29, 0.717) is 11.5 Å². The number of hydrogen-bond acceptors (Lipinski definition) is 3. The van der Waals surface area contributed by atoms with Crippen molar-refractivity contribution in [2.45, 2.75) is 58.1 Å². The van der Waals surface area contributed by atoms with E-state index in [9.17, 15) is 0 Å². The van der Waals surface area contributed by atoms with Gasteiger partial charge < -0.3 is 14.8 Å². The highest BCUT2D eigenvalue weighted by molar-refractivity contribution is 4.86. The summed E-state index contributed by atoms with van der Waals surface area (Å²) in [4.78, 5) is 0. The van der Waals surface area contributed by atoms with Gasteiger partial charge >= 0.3 is 0 Å². The highest BCUT2D eigenvalue weighted by atomic mass is 16.5. The minimum Gasteiger partial charge on any atom is -0.381 e. The molecule has 0 bridgehead atoms. The van der Waals surface area contributed by atoms with E-state index < -0.39 is 0 Å². The number of nitrogens with one attached hydrogen (secondary N) is 1. The second-order valence-corrected chi connectivity index (χ2v) is 6.60. The van der Waals surface area contributed by atoms with E-state index in [2.05, 4.69) is 26.1 Å². The first-order valence-electron chi connectivity index (χ1n) is 6.94. The van der Waals surface area contributed by atoms with Gasteiger partial charge in [0.25, 0.3) is 0 Å². The second kappa shape index (κ2) is 5.25. The van der Waals surface area contributed by atoms with Crippen LogP contribution in [0.4, 0.5) is 0 Å². The van der Waals surface area contributed by atoms with Crippen LogP contribution in [0.5, 0.6) is 0 Å². The highest BCUT2D eigenvalue weighted by Gasteiger charge is 2.32. The molecule has 0 amide bonds. The van der Waals surface area contributed by atoms with E-state index >= 15 is 0 Å². The molecule has 17 heavy (non-hydrogen) atoms. The third-order valence-electron chi connectivity index (χ3n) is 4.21. The molecule has 0 aromatic rings. The molecule has 0 saturated carbocycles. The standard InChI is InChI=1S/C14H27NO2/c1-13(2)10-12(4-7-17-13)15-11-14(3)5-8-16-9-6-14/h12,15H,4-11H2,1-3H3. The van der Waals surface area contributed by atoms with Gasteiger partial charge in [0.1, 0.15) is 0 Å². The average Bonchev–Trinajstić information content (AvgIpc) is 2.26. The predicted molar refractivity (Wildman–Crippen MR) is 69.2 cm³/mol. The van der Waals surface area contributed by atoms with Crippen LogP contribution in [0.3, 0.4) is 0 Å². The molecule has 2 aliphatic rings. The molecule has 2 fully saturated rings. The number of hydrogen-bond donors (Lipinski definition) is 1. The molecule has 2 aliphatic heterocycles. The molecule has 0 aromatic heterocycles. The molecule has 3 nitrogen and oxygen atoms in total. The average molecular weight is 241 g/mol. The molecule has 3 heteroatoms. The molecule has 0 aliphatic carbocycles. The summed E-state index contributed by atoms with van der Waals surface area (Å²) in [6.07, 6.45) is 4.65. The lowest BCUT2D eigenvalue weighted by atomic mass is 9.82. The van der Waals surface area contributed by atoms with Crippen LogP contribution in [0, 0.1) is 5.41 Å². The van der Waals surface area contributed by atoms with Crippen LogP contribution >= 0.6 is 0 Å². The van der Waals surface area contributed by atoms with Crippen LogP contribution in [0.15, 0.2) is 0 Å². The Hall–Kier alpha value is -0.120. The summed E-state index contributed by atoms with van der Waals surface area (Å²) in [7, 11) is 0. The monoisotopic (exact) mass is 241 g/mol. The Balaban J connectivity index is 1.77. The van der Waals surface area contributed by atoms with Gasteiger partial charge in [0.15, 0.2) is 0 Å². The first kappa shape index (κ1) is 13.3. The summed E-state index contributed by atoms with van der Waals surface area (Å²) in [5.74, 6) is 0. The van der Waals surface area contributed by atoms with Gasteiger partial charge in [0, 0.05) is 32.4 Å². The third kappa shape index (κ3) is 3.94. The zero-order valence-corrected chi connectivity index (χ0v) is 11.6. The fourth-order valence-electron chi connectivity index (χ4n) is 2.84. The number of rotatable bonds is 3. The highest BCUT2D eigenvalue weighted by Crippen LogP contribution is 2.30. The fraction of sp³-hybridized carbons (Fsp3) is 1.00. The van der Waals surface area contributed by atoms with Crippen molar-refractivity contribution >= 4 is 0 Å². The van der Waals surface area contributed by atoms with Crippen LogP contribution in [-0.4, -0.2) is 38.0 Å². The van der Waals surface area contributed by atoms with Gasteiger partial charge in [-0.3, -0.25) is 0 Å². The molecule has 1 N–H and O–H groups in total. The Kier molecular flexibility index (Phi) is 4.11. The zero-order valence-electron chi connectivity index (χ0n) is 11.6. The molecule has 0 radical (unpaired) electrons. The van der Waals surface area contributed by atoms with Gasteiger partial charge in [0.05, 0.1) is 5.60 Å². The maximum Gasteiger partial charge on any atom is 0.0641 e. The Bertz CT molecular complexity index is 247. The zero-order chi connectivity index (χ0) is 12.4. The van der Waals surface area contributed by atoms with Gasteiger partial charge in [-0.15, -0.1) is 0 Å². The molecule has 0 aromatic carbocycles. The van der Waals surface area contributed by atoms with E-state index in [1.807, 2.05) is 0 Å². The van der Waals surface area contributed by atoms with Crippen LogP contribution in [0.1, 0.15) is 46.5 Å². The largest absolute Gasteiger partial charge is 0.381 e. The van der Waals surface area contributed by atoms with Gasteiger partial charge in [-0.25, -0.2) is 0 Å². The predicted octanol–water partition coefficient (Wildman–Crippen LogP) is 2.35. The molecule has 1 unspecified atom stereocenters. The van der Waals surface area contributed by atoms with Crippen molar-refractivity contribution in [1.82, 2.24) is 5.32 Å². The van der Waals surface area contributed by atoms with Crippen molar-refractivity contribution in [3.8, 4) is 0 Å². The van der Waals surface area contributed by atoms with Crippen molar-refractivity contribution < 1.29 is 9.47 Å². The minimum atomic E-state index is 0.0481. The first-order valence-corrected chi connectivity index (χ1v) is 6.94. The maximum atomic E-state index is 5.75. The maximum absolute atomic E-state index is 5.75. The Morgan fingerprint density at radius 1 is 1.12 bits per heavy atom. The summed E-state index contributed by atoms with van der Waals surface area (Å²) in [6.45, 7) is 10.6. The summed E-state index contributed by atoms with van der Waals surface area (Å²) >= 11 is 0. The molecule has 100 valence electrons. The lowest BCUT2D eigenvalue weighted by Crippen LogP contribution is -2.47. The van der Waals surface area contributed by atoms with Crippen LogP contribution in [0.25, 0.3) is 0 Å². The topological polar surface area (TPSA) is 30.5 Å². The van der Waals surface area contributed by atoms with Gasteiger partial charge in [-0.05, 0) is 44.9 Å². The van der Waals surface area contributed by atoms with Crippen molar-refractivity contribution in [2.24, 2.45) is 5.41 Å². The molecule has 0 spiro atoms. The fourth-order valence-corrected chi connectivity index (χ4v) is 2.84. The van der Waals surface area contributed by atoms with Gasteiger partial charge in [-0.2, -0.15) is 0 Å². The van der Waals surface area contributed by atoms with Crippen molar-refractivity contribution in [1.29, 1.82) is 0 Å². The Morgan fingerprint density at radius 2 is 1.82 bits per heavy atom. The van der Waals surface area contributed by atoms with E-state index in [4.69, 9.17) is 9.47 Å². The second-order valence-electron chi connectivity index (χ2n) is 6.60. The van der Waals surface area contributed by atoms with Crippen LogP contribution in [-0.2, 0) is 9.47 Å². The van der Waals surface area contributed by atoms with Crippen LogP contribution in [0.2, 0.25) is 0 Å². The molecule has 2 rings (SSSR count). The third-order valence-corrected chi connectivity index (χ3v) is 4.21. The summed E-state index contributed by atoms with van der Waals surface area (Å²) in [5, 5.41) is 3.75. The summed E-state index contributed by atoms with van der Waals surface area (Å²) < 4.78 is 11.2. The van der Waals surface area contributed by atoms with Crippen molar-refractivity contribution in [2.75, 3.05) is 26.4 Å². The SMILES string of the molecule is CC1(CNC2CCOC(C)(C)C2)CCOCC1. The Labute approximate surface area is 105 Å².